The third kappa shape index (κ3) is 6.22. The van der Waals surface area contributed by atoms with Crippen molar-refractivity contribution < 1.29 is 19.1 Å². The van der Waals surface area contributed by atoms with Crippen molar-refractivity contribution in [1.29, 1.82) is 0 Å². The van der Waals surface area contributed by atoms with Crippen molar-refractivity contribution in [2.24, 2.45) is 0 Å². The molecule has 1 N–H and O–H groups in total. The van der Waals surface area contributed by atoms with E-state index in [1.807, 2.05) is 42.5 Å². The summed E-state index contributed by atoms with van der Waals surface area (Å²) in [4.78, 5) is 37.0. The van der Waals surface area contributed by atoms with E-state index in [2.05, 4.69) is 5.32 Å². The minimum atomic E-state index is -0.375. The van der Waals surface area contributed by atoms with Gasteiger partial charge in [-0.05, 0) is 47.5 Å². The Morgan fingerprint density at radius 2 is 1.83 bits per heavy atom. The SMILES string of the molecule is CN(CCOc1ccc(C=C2SC(=O)NC2=O)cc1)C(=O)CCc1ccccc1. The molecular weight excluding hydrogens is 388 g/mol. The Morgan fingerprint density at radius 3 is 2.48 bits per heavy atom. The number of amides is 3. The number of thioether (sulfide) groups is 1. The normalized spacial score (nSPS) is 14.7. The van der Waals surface area contributed by atoms with Crippen molar-refractivity contribution in [2.75, 3.05) is 20.2 Å². The van der Waals surface area contributed by atoms with Crippen molar-refractivity contribution in [3.8, 4) is 5.75 Å². The van der Waals surface area contributed by atoms with Gasteiger partial charge < -0.3 is 9.64 Å². The van der Waals surface area contributed by atoms with Gasteiger partial charge in [0.1, 0.15) is 12.4 Å². The quantitative estimate of drug-likeness (QED) is 0.675. The van der Waals surface area contributed by atoms with Gasteiger partial charge in [-0.3, -0.25) is 19.7 Å². The molecular formula is C22H22N2O4S. The van der Waals surface area contributed by atoms with Crippen LogP contribution in [-0.2, 0) is 16.0 Å². The number of hydrogen-bond donors (Lipinski definition) is 1. The Bertz CT molecular complexity index is 910. The van der Waals surface area contributed by atoms with Crippen LogP contribution in [0.5, 0.6) is 5.75 Å². The van der Waals surface area contributed by atoms with Crippen LogP contribution in [0.15, 0.2) is 59.5 Å². The van der Waals surface area contributed by atoms with E-state index < -0.39 is 0 Å². The molecule has 0 spiro atoms. The van der Waals surface area contributed by atoms with Crippen molar-refractivity contribution >= 4 is 34.9 Å². The number of imide groups is 1. The first-order chi connectivity index (χ1) is 14.0. The number of ether oxygens (including phenoxy) is 1. The molecule has 150 valence electrons. The first-order valence-electron chi connectivity index (χ1n) is 9.27. The van der Waals surface area contributed by atoms with Crippen LogP contribution >= 0.6 is 11.8 Å². The molecule has 0 atom stereocenters. The molecule has 1 saturated heterocycles. The molecule has 0 aliphatic carbocycles. The summed E-state index contributed by atoms with van der Waals surface area (Å²) in [7, 11) is 1.78. The van der Waals surface area contributed by atoms with Crippen LogP contribution in [0, 0.1) is 0 Å². The van der Waals surface area contributed by atoms with Crippen molar-refractivity contribution in [3.63, 3.8) is 0 Å². The summed E-state index contributed by atoms with van der Waals surface area (Å²) in [6, 6.07) is 17.2. The lowest BCUT2D eigenvalue weighted by Gasteiger charge is -2.17. The van der Waals surface area contributed by atoms with Crippen molar-refractivity contribution in [3.05, 3.63) is 70.6 Å². The summed E-state index contributed by atoms with van der Waals surface area (Å²) in [5.41, 5.74) is 1.95. The Kier molecular flexibility index (Phi) is 7.08. The van der Waals surface area contributed by atoms with E-state index in [9.17, 15) is 14.4 Å². The summed E-state index contributed by atoms with van der Waals surface area (Å²) in [5.74, 6) is 0.387. The second-order valence-electron chi connectivity index (χ2n) is 6.57. The molecule has 6 nitrogen and oxygen atoms in total. The minimum absolute atomic E-state index is 0.0845. The Hall–Kier alpha value is -3.06. The topological polar surface area (TPSA) is 75.7 Å². The van der Waals surface area contributed by atoms with Crippen LogP contribution in [0.2, 0.25) is 0 Å². The second-order valence-corrected chi connectivity index (χ2v) is 7.59. The summed E-state index contributed by atoms with van der Waals surface area (Å²) in [6.45, 7) is 0.888. The number of aryl methyl sites for hydroxylation is 1. The predicted molar refractivity (Wildman–Crippen MR) is 113 cm³/mol. The van der Waals surface area contributed by atoms with Gasteiger partial charge >= 0.3 is 0 Å². The lowest BCUT2D eigenvalue weighted by molar-refractivity contribution is -0.130. The smallest absolute Gasteiger partial charge is 0.290 e. The molecule has 2 aromatic carbocycles. The lowest BCUT2D eigenvalue weighted by Crippen LogP contribution is -2.31. The zero-order valence-electron chi connectivity index (χ0n) is 16.1. The monoisotopic (exact) mass is 410 g/mol. The van der Waals surface area contributed by atoms with Crippen molar-refractivity contribution in [1.82, 2.24) is 10.2 Å². The highest BCUT2D eigenvalue weighted by Crippen LogP contribution is 2.26. The molecule has 0 radical (unpaired) electrons. The zero-order valence-corrected chi connectivity index (χ0v) is 16.9. The fraction of sp³-hybridized carbons (Fsp3) is 0.227. The Morgan fingerprint density at radius 1 is 1.10 bits per heavy atom. The maximum atomic E-state index is 12.2. The van der Waals surface area contributed by atoms with E-state index >= 15 is 0 Å². The highest BCUT2D eigenvalue weighted by Gasteiger charge is 2.24. The zero-order chi connectivity index (χ0) is 20.6. The van der Waals surface area contributed by atoms with Gasteiger partial charge in [-0.25, -0.2) is 0 Å². The number of rotatable bonds is 8. The fourth-order valence-corrected chi connectivity index (χ4v) is 3.43. The summed E-state index contributed by atoms with van der Waals surface area (Å²) >= 11 is 0.888. The number of nitrogens with one attached hydrogen (secondary N) is 1. The molecule has 0 unspecified atom stereocenters. The van der Waals surface area contributed by atoms with Crippen LogP contribution in [0.1, 0.15) is 17.5 Å². The average molecular weight is 410 g/mol. The van der Waals surface area contributed by atoms with Gasteiger partial charge in [-0.15, -0.1) is 0 Å². The third-order valence-electron chi connectivity index (χ3n) is 4.41. The van der Waals surface area contributed by atoms with Crippen LogP contribution < -0.4 is 10.1 Å². The molecule has 1 fully saturated rings. The third-order valence-corrected chi connectivity index (χ3v) is 5.22. The number of hydrogen-bond acceptors (Lipinski definition) is 5. The second kappa shape index (κ2) is 9.93. The molecule has 7 heteroatoms. The number of carbonyl (C=O) groups excluding carboxylic acids is 3. The standard InChI is InChI=1S/C22H22N2O4S/c1-24(20(25)12-9-16-5-3-2-4-6-16)13-14-28-18-10-7-17(8-11-18)15-19-21(26)23-22(27)29-19/h2-8,10-11,15H,9,12-14H2,1H3,(H,23,26,27). The van der Waals surface area contributed by atoms with E-state index in [-0.39, 0.29) is 17.1 Å². The van der Waals surface area contributed by atoms with Crippen molar-refractivity contribution in [2.45, 2.75) is 12.8 Å². The number of likely N-dealkylation sites (N-methyl/N-ethyl adjacent to an activating group) is 1. The molecule has 1 aliphatic heterocycles. The van der Waals surface area contributed by atoms with Gasteiger partial charge in [0.05, 0.1) is 11.4 Å². The highest BCUT2D eigenvalue weighted by atomic mass is 32.2. The Balaban J connectivity index is 1.42. The van der Waals surface area contributed by atoms with E-state index in [4.69, 9.17) is 4.74 Å². The first-order valence-corrected chi connectivity index (χ1v) is 10.1. The van der Waals surface area contributed by atoms with Gasteiger partial charge in [0.25, 0.3) is 11.1 Å². The lowest BCUT2D eigenvalue weighted by atomic mass is 10.1. The van der Waals surface area contributed by atoms with Gasteiger partial charge in [-0.2, -0.15) is 0 Å². The summed E-state index contributed by atoms with van der Waals surface area (Å²) in [6.07, 6.45) is 2.86. The highest BCUT2D eigenvalue weighted by molar-refractivity contribution is 8.18. The molecule has 0 bridgehead atoms. The molecule has 1 aliphatic rings. The molecule has 3 rings (SSSR count). The molecule has 3 amide bonds. The fourth-order valence-electron chi connectivity index (χ4n) is 2.74. The van der Waals surface area contributed by atoms with Crippen LogP contribution in [0.4, 0.5) is 4.79 Å². The predicted octanol–water partition coefficient (Wildman–Crippen LogP) is 3.48. The van der Waals surface area contributed by atoms with Crippen LogP contribution in [0.3, 0.4) is 0 Å². The minimum Gasteiger partial charge on any atom is -0.492 e. The van der Waals surface area contributed by atoms with E-state index in [0.717, 1.165) is 29.3 Å². The molecule has 0 saturated carbocycles. The molecule has 29 heavy (non-hydrogen) atoms. The van der Waals surface area contributed by atoms with Crippen LogP contribution in [0.25, 0.3) is 6.08 Å². The molecule has 2 aromatic rings. The first kappa shape index (κ1) is 20.7. The average Bonchev–Trinajstić information content (AvgIpc) is 3.04. The van der Waals surface area contributed by atoms with Gasteiger partial charge in [0.2, 0.25) is 5.91 Å². The summed E-state index contributed by atoms with van der Waals surface area (Å²) < 4.78 is 5.70. The largest absolute Gasteiger partial charge is 0.492 e. The van der Waals surface area contributed by atoms with E-state index in [1.165, 1.54) is 0 Å². The number of carbonyl (C=O) groups is 3. The maximum absolute atomic E-state index is 12.2. The van der Waals surface area contributed by atoms with Crippen LogP contribution in [-0.4, -0.2) is 42.2 Å². The van der Waals surface area contributed by atoms with E-state index in [1.54, 1.807) is 30.2 Å². The molecule has 1 heterocycles. The number of benzene rings is 2. The Labute approximate surface area is 173 Å². The van der Waals surface area contributed by atoms with E-state index in [0.29, 0.717) is 30.2 Å². The summed E-state index contributed by atoms with van der Waals surface area (Å²) in [5, 5.41) is 1.87. The maximum Gasteiger partial charge on any atom is 0.290 e. The van der Waals surface area contributed by atoms with Gasteiger partial charge in [0.15, 0.2) is 0 Å². The van der Waals surface area contributed by atoms with Gasteiger partial charge in [0, 0.05) is 13.5 Å². The number of nitrogens with zero attached hydrogens (tertiary/aromatic N) is 1. The van der Waals surface area contributed by atoms with Gasteiger partial charge in [-0.1, -0.05) is 42.5 Å². The molecule has 0 aromatic heterocycles.